The monoisotopic (exact) mass is 78.0 g/mol. The van der Waals surface area contributed by atoms with Gasteiger partial charge in [0, 0.05) is 0 Å². The van der Waals surface area contributed by atoms with Gasteiger partial charge in [0.25, 0.3) is 0 Å². The van der Waals surface area contributed by atoms with Gasteiger partial charge >= 0.3 is 9.29 Å². The molecule has 0 atom stereocenters. The smallest absolute Gasteiger partial charge is 0.412 e. The van der Waals surface area contributed by atoms with Crippen LogP contribution in [-0.4, -0.2) is 14.8 Å². The van der Waals surface area contributed by atoms with E-state index in [1.54, 1.807) is 0 Å². The van der Waals surface area contributed by atoms with Crippen LogP contribution in [0, 0.1) is 0 Å². The van der Waals surface area contributed by atoms with Gasteiger partial charge < -0.3 is 5.48 Å². The van der Waals surface area contributed by atoms with Crippen LogP contribution in [0.15, 0.2) is 0 Å². The van der Waals surface area contributed by atoms with Gasteiger partial charge in [0.2, 0.25) is 0 Å². The molecule has 4 heavy (non-hydrogen) atoms. The first-order valence-electron chi connectivity index (χ1n) is 0.408. The Kier molecular flexibility index (Phi) is 33.5. The molecular weight excluding hydrogens is 76.1 g/mol. The van der Waals surface area contributed by atoms with Crippen molar-refractivity contribution in [2.45, 2.75) is 0 Å². The van der Waals surface area contributed by atoms with E-state index in [-0.39, 0.29) is 5.48 Å². The van der Waals surface area contributed by atoms with Gasteiger partial charge in [-0.25, -0.2) is 0 Å². The van der Waals surface area contributed by atoms with Crippen LogP contribution in [0.4, 0.5) is 0 Å². The maximum Gasteiger partial charge on any atom is 0.549 e. The van der Waals surface area contributed by atoms with Gasteiger partial charge in [0.05, 0.1) is 0 Å². The predicted octanol–water partition coefficient (Wildman–Crippen LogP) is -1.44. The van der Waals surface area contributed by atoms with E-state index in [0.29, 0.717) is 0 Å². The van der Waals surface area contributed by atoms with Crippen molar-refractivity contribution in [3.63, 3.8) is 0 Å². The largest absolute Gasteiger partial charge is 0.549 e. The lowest BCUT2D eigenvalue weighted by Gasteiger charge is -0.944. The molecular formula is H2O3Si. The van der Waals surface area contributed by atoms with Gasteiger partial charge in [-0.05, 0) is 0 Å². The fraction of sp³-hybridized carbons (Fsp3) is 0. The normalized spacial score (nSPS) is 2.00. The average molecular weight is 78.1 g/mol. The van der Waals surface area contributed by atoms with E-state index in [4.69, 9.17) is 8.92 Å². The SMILES string of the molecule is O.O=[Si]=O. The summed E-state index contributed by atoms with van der Waals surface area (Å²) in [7, 11) is -1.42. The van der Waals surface area contributed by atoms with Crippen LogP contribution in [-0.2, 0) is 8.92 Å². The highest BCUT2D eigenvalue weighted by Gasteiger charge is 1.22. The molecule has 0 rings (SSSR count). The molecule has 0 fully saturated rings. The third-order valence-electron chi connectivity index (χ3n) is 0. The van der Waals surface area contributed by atoms with Crippen LogP contribution in [0.2, 0.25) is 0 Å². The minimum absolute atomic E-state index is 0. The Morgan fingerprint density at radius 1 is 1.25 bits per heavy atom. The molecule has 3 nitrogen and oxygen atoms in total. The minimum atomic E-state index is -1.42. The summed E-state index contributed by atoms with van der Waals surface area (Å²) in [6.07, 6.45) is 0. The summed E-state index contributed by atoms with van der Waals surface area (Å²) in [4.78, 5) is 0. The van der Waals surface area contributed by atoms with Crippen LogP contribution >= 0.6 is 0 Å². The highest BCUT2D eigenvalue weighted by Crippen LogP contribution is 0.759. The van der Waals surface area contributed by atoms with Crippen molar-refractivity contribution in [1.82, 2.24) is 0 Å². The van der Waals surface area contributed by atoms with Crippen molar-refractivity contribution in [2.75, 3.05) is 0 Å². The first-order chi connectivity index (χ1) is 1.41. The Hall–Kier alpha value is -0.223. The first kappa shape index (κ1) is 9.22. The molecule has 2 N–H and O–H groups in total. The molecule has 0 aromatic carbocycles. The summed E-state index contributed by atoms with van der Waals surface area (Å²) >= 11 is 0. The van der Waals surface area contributed by atoms with Crippen LogP contribution in [0.1, 0.15) is 0 Å². The lowest BCUT2D eigenvalue weighted by molar-refractivity contribution is 0.497. The van der Waals surface area contributed by atoms with Crippen molar-refractivity contribution in [2.24, 2.45) is 0 Å². The molecule has 0 aromatic rings. The molecule has 0 radical (unpaired) electrons. The molecule has 0 saturated carbocycles. The highest BCUT2D eigenvalue weighted by atomic mass is 28.2. The Labute approximate surface area is 24.9 Å². The lowest BCUT2D eigenvalue weighted by Crippen LogP contribution is -1.26. The maximum atomic E-state index is 8.40. The second-order valence-electron chi connectivity index (χ2n) is 0.0833. The topological polar surface area (TPSA) is 65.6 Å². The van der Waals surface area contributed by atoms with E-state index in [1.165, 1.54) is 0 Å². The lowest BCUT2D eigenvalue weighted by atomic mass is 15.9. The molecule has 4 heteroatoms. The zero-order chi connectivity index (χ0) is 2.71. The molecule has 0 bridgehead atoms. The maximum absolute atomic E-state index is 8.40. The third kappa shape index (κ3) is 21.5. The summed E-state index contributed by atoms with van der Waals surface area (Å²) in [5.74, 6) is 0. The molecule has 24 valence electrons. The summed E-state index contributed by atoms with van der Waals surface area (Å²) < 4.78 is 16.8. The summed E-state index contributed by atoms with van der Waals surface area (Å²) in [6.45, 7) is 0. The van der Waals surface area contributed by atoms with Crippen molar-refractivity contribution < 1.29 is 14.4 Å². The van der Waals surface area contributed by atoms with Gasteiger partial charge in [-0.1, -0.05) is 0 Å². The predicted molar refractivity (Wildman–Crippen MR) is 10.7 cm³/mol. The second kappa shape index (κ2) is 14.5. The third-order valence-corrected chi connectivity index (χ3v) is 0. The standard InChI is InChI=1S/O2Si.H2O/c1-3-2;/h;1H2. The fourth-order valence-electron chi connectivity index (χ4n) is 0. The van der Waals surface area contributed by atoms with Gasteiger partial charge in [-0.2, -0.15) is 0 Å². The van der Waals surface area contributed by atoms with Crippen molar-refractivity contribution >= 4 is 9.29 Å². The molecule has 0 aliphatic carbocycles. The molecule has 0 amide bonds. The molecule has 0 unspecified atom stereocenters. The first-order valence-corrected chi connectivity index (χ1v) is 1.22. The molecule has 0 saturated heterocycles. The van der Waals surface area contributed by atoms with E-state index >= 15 is 0 Å². The zero-order valence-corrected chi connectivity index (χ0v) is 2.82. The Morgan fingerprint density at radius 3 is 1.25 bits per heavy atom. The quantitative estimate of drug-likeness (QED) is 0.333. The van der Waals surface area contributed by atoms with Crippen LogP contribution in [0.3, 0.4) is 0 Å². The fourth-order valence-corrected chi connectivity index (χ4v) is 0. The zero-order valence-electron chi connectivity index (χ0n) is 1.82. The minimum Gasteiger partial charge on any atom is -0.412 e. The number of rotatable bonds is 0. The van der Waals surface area contributed by atoms with Gasteiger partial charge in [-0.3, -0.25) is 8.92 Å². The molecule has 0 aliphatic heterocycles. The van der Waals surface area contributed by atoms with Gasteiger partial charge in [0.1, 0.15) is 0 Å². The summed E-state index contributed by atoms with van der Waals surface area (Å²) in [5.41, 5.74) is 0. The summed E-state index contributed by atoms with van der Waals surface area (Å²) in [6, 6.07) is 0. The average Bonchev–Trinajstić information content (AvgIpc) is 0.918. The summed E-state index contributed by atoms with van der Waals surface area (Å²) in [5, 5.41) is 0. The van der Waals surface area contributed by atoms with Crippen LogP contribution in [0.25, 0.3) is 0 Å². The van der Waals surface area contributed by atoms with Crippen molar-refractivity contribution in [1.29, 1.82) is 0 Å². The Bertz CT molecular complexity index is 24.3. The highest BCUT2D eigenvalue weighted by molar-refractivity contribution is 5.94. The van der Waals surface area contributed by atoms with E-state index < -0.39 is 9.29 Å². The Morgan fingerprint density at radius 2 is 1.25 bits per heavy atom. The van der Waals surface area contributed by atoms with Gasteiger partial charge in [-0.15, -0.1) is 0 Å². The number of hydrogen-bond donors (Lipinski definition) is 0. The van der Waals surface area contributed by atoms with Crippen LogP contribution < -0.4 is 0 Å². The number of hydrogen-bond acceptors (Lipinski definition) is 2. The van der Waals surface area contributed by atoms with E-state index in [1.807, 2.05) is 0 Å². The van der Waals surface area contributed by atoms with E-state index in [9.17, 15) is 0 Å². The van der Waals surface area contributed by atoms with Crippen LogP contribution in [0.5, 0.6) is 0 Å². The van der Waals surface area contributed by atoms with E-state index in [2.05, 4.69) is 0 Å². The van der Waals surface area contributed by atoms with Gasteiger partial charge in [0.15, 0.2) is 0 Å². The van der Waals surface area contributed by atoms with E-state index in [0.717, 1.165) is 0 Å². The Balaban J connectivity index is 0. The molecule has 0 spiro atoms. The second-order valence-corrected chi connectivity index (χ2v) is 0.250. The molecule has 0 aromatic heterocycles. The molecule has 0 heterocycles. The molecule has 0 aliphatic rings. The van der Waals surface area contributed by atoms with Crippen molar-refractivity contribution in [3.8, 4) is 0 Å². The van der Waals surface area contributed by atoms with Crippen molar-refractivity contribution in [3.05, 3.63) is 0 Å².